The lowest BCUT2D eigenvalue weighted by Crippen LogP contribution is -2.62. The van der Waals surface area contributed by atoms with Crippen LogP contribution >= 0.6 is 0 Å². The highest BCUT2D eigenvalue weighted by Gasteiger charge is 2.50. The first kappa shape index (κ1) is 35.3. The molecule has 0 fully saturated rings. The lowest BCUT2D eigenvalue weighted by atomic mass is 9.98. The summed E-state index contributed by atoms with van der Waals surface area (Å²) in [4.78, 5) is 0. The maximum absolute atomic E-state index is 7.41. The van der Waals surface area contributed by atoms with Crippen molar-refractivity contribution in [1.29, 1.82) is 0 Å². The summed E-state index contributed by atoms with van der Waals surface area (Å²) in [6.07, 6.45) is 6.43. The van der Waals surface area contributed by atoms with Crippen molar-refractivity contribution in [3.05, 3.63) is 29.8 Å². The minimum Gasteiger partial charge on any atom is -0.367 e. The van der Waals surface area contributed by atoms with Gasteiger partial charge in [0.25, 0.3) is 0 Å². The summed E-state index contributed by atoms with van der Waals surface area (Å²) in [5, 5.41) is 1.16. The molecule has 38 heavy (non-hydrogen) atoms. The third-order valence-electron chi connectivity index (χ3n) is 6.85. The predicted octanol–water partition coefficient (Wildman–Crippen LogP) is 9.57. The lowest BCUT2D eigenvalue weighted by Gasteiger charge is -2.41. The van der Waals surface area contributed by atoms with E-state index in [-0.39, 0.29) is 18.3 Å². The third-order valence-corrected chi connectivity index (χ3v) is 10.00. The summed E-state index contributed by atoms with van der Waals surface area (Å²) in [5.74, 6) is 3.29. The second-order valence-electron chi connectivity index (χ2n) is 14.4. The van der Waals surface area contributed by atoms with Gasteiger partial charge in [0.2, 0.25) is 0 Å². The molecular weight excluding hydrogens is 484 g/mol. The van der Waals surface area contributed by atoms with Crippen LogP contribution in [0.4, 0.5) is 0 Å². The first-order chi connectivity index (χ1) is 17.6. The molecule has 0 heterocycles. The maximum Gasteiger partial charge on any atom is 0.538 e. The molecule has 0 amide bonds. The van der Waals surface area contributed by atoms with Crippen LogP contribution in [0, 0.1) is 42.4 Å². The highest BCUT2D eigenvalue weighted by Crippen LogP contribution is 2.31. The van der Waals surface area contributed by atoms with Gasteiger partial charge in [-0.3, -0.25) is 0 Å². The molecule has 4 heteroatoms. The zero-order valence-corrected chi connectivity index (χ0v) is 28.5. The average Bonchev–Trinajstić information content (AvgIpc) is 2.70. The van der Waals surface area contributed by atoms with Crippen molar-refractivity contribution in [2.75, 3.05) is 0 Å². The highest BCUT2D eigenvalue weighted by atomic mass is 28.4. The normalized spacial score (nSPS) is 13.3. The Kier molecular flexibility index (Phi) is 16.0. The number of hydrogen-bond donors (Lipinski definition) is 0. The van der Waals surface area contributed by atoms with Crippen LogP contribution < -0.4 is 5.19 Å². The van der Waals surface area contributed by atoms with E-state index in [1.807, 2.05) is 0 Å². The molecule has 0 saturated heterocycles. The first-order valence-corrected chi connectivity index (χ1v) is 17.4. The van der Waals surface area contributed by atoms with E-state index in [4.69, 9.17) is 13.3 Å². The van der Waals surface area contributed by atoms with Crippen molar-refractivity contribution in [3.63, 3.8) is 0 Å². The van der Waals surface area contributed by atoms with Crippen LogP contribution in [0.15, 0.2) is 24.3 Å². The zero-order valence-electron chi connectivity index (χ0n) is 27.5. The third kappa shape index (κ3) is 13.6. The molecule has 0 aliphatic carbocycles. The molecule has 3 nitrogen and oxygen atoms in total. The maximum atomic E-state index is 7.41. The van der Waals surface area contributed by atoms with Gasteiger partial charge in [-0.1, -0.05) is 107 Å². The van der Waals surface area contributed by atoms with Crippen LogP contribution in [0.3, 0.4) is 0 Å². The molecule has 0 aliphatic rings. The fourth-order valence-electron chi connectivity index (χ4n) is 5.58. The number of aryl methyl sites for hydroxylation is 1. The molecule has 1 rings (SSSR count). The Morgan fingerprint density at radius 1 is 0.474 bits per heavy atom. The Hall–Kier alpha value is -0.683. The molecular formula is C34H64O3Si. The van der Waals surface area contributed by atoms with Gasteiger partial charge in [-0.05, 0) is 86.5 Å². The summed E-state index contributed by atoms with van der Waals surface area (Å²) in [6, 6.07) is 8.69. The quantitative estimate of drug-likeness (QED) is 0.161. The summed E-state index contributed by atoms with van der Waals surface area (Å²) in [7, 11) is -3.31. The Bertz CT molecular complexity index is 661. The van der Waals surface area contributed by atoms with E-state index in [9.17, 15) is 0 Å². The van der Waals surface area contributed by atoms with Crippen LogP contribution in [0.1, 0.15) is 127 Å². The molecule has 0 saturated carbocycles. The number of hydrogen-bond acceptors (Lipinski definition) is 3. The summed E-state index contributed by atoms with van der Waals surface area (Å²) < 4.78 is 22.2. The number of benzene rings is 1. The average molecular weight is 549 g/mol. The molecule has 0 bridgehead atoms. The van der Waals surface area contributed by atoms with Gasteiger partial charge in [0.15, 0.2) is 0 Å². The highest BCUT2D eigenvalue weighted by molar-refractivity contribution is 6.76. The molecule has 0 N–H and O–H groups in total. The fraction of sp³-hybridized carbons (Fsp3) is 0.824. The van der Waals surface area contributed by atoms with E-state index >= 15 is 0 Å². The molecule has 222 valence electrons. The molecule has 0 aliphatic heterocycles. The van der Waals surface area contributed by atoms with Gasteiger partial charge in [-0.15, -0.1) is 0 Å². The van der Waals surface area contributed by atoms with E-state index in [0.29, 0.717) is 35.5 Å². The predicted molar refractivity (Wildman–Crippen MR) is 168 cm³/mol. The Balaban J connectivity index is 3.80. The molecule has 1 aromatic rings. The van der Waals surface area contributed by atoms with Crippen LogP contribution in [0.2, 0.25) is 0 Å². The molecule has 0 unspecified atom stereocenters. The van der Waals surface area contributed by atoms with Crippen molar-refractivity contribution in [2.24, 2.45) is 35.5 Å². The summed E-state index contributed by atoms with van der Waals surface area (Å²) >= 11 is 0. The van der Waals surface area contributed by atoms with Crippen molar-refractivity contribution < 1.29 is 13.3 Å². The van der Waals surface area contributed by atoms with E-state index in [1.165, 1.54) is 5.56 Å². The SMILES string of the molecule is Cc1ccccc1[Si](OC(CC(C)C)CC(C)C)(OC(CC(C)C)CC(C)C)OC(CC(C)C)CC(C)C. The Morgan fingerprint density at radius 3 is 0.974 bits per heavy atom. The standard InChI is InChI=1S/C34H64O3Si/c1-24(2)18-31(19-25(3)4)35-38(34-17-15-14-16-30(34)13,36-32(20-26(5)6)21-27(7)8)37-33(22-28(9)10)23-29(11)12/h14-17,24-29,31-33H,18-23H2,1-13H3. The van der Waals surface area contributed by atoms with E-state index in [1.54, 1.807) is 0 Å². The lowest BCUT2D eigenvalue weighted by molar-refractivity contribution is -0.0329. The van der Waals surface area contributed by atoms with Gasteiger partial charge in [-0.2, -0.15) is 0 Å². The number of rotatable bonds is 19. The van der Waals surface area contributed by atoms with Gasteiger partial charge >= 0.3 is 8.80 Å². The van der Waals surface area contributed by atoms with E-state index in [0.717, 1.165) is 43.7 Å². The fourth-order valence-corrected chi connectivity index (χ4v) is 8.89. The monoisotopic (exact) mass is 548 g/mol. The molecule has 1 aromatic carbocycles. The van der Waals surface area contributed by atoms with E-state index < -0.39 is 8.80 Å². The topological polar surface area (TPSA) is 27.7 Å². The molecule has 0 atom stereocenters. The summed E-state index contributed by atoms with van der Waals surface area (Å²) in [5.41, 5.74) is 1.22. The molecule has 0 spiro atoms. The van der Waals surface area contributed by atoms with Crippen LogP contribution in [-0.2, 0) is 13.3 Å². The van der Waals surface area contributed by atoms with Gasteiger partial charge in [-0.25, -0.2) is 0 Å². The van der Waals surface area contributed by atoms with Crippen molar-refractivity contribution in [2.45, 2.75) is 147 Å². The van der Waals surface area contributed by atoms with Gasteiger partial charge in [0.05, 0.1) is 18.3 Å². The largest absolute Gasteiger partial charge is 0.538 e. The van der Waals surface area contributed by atoms with Crippen LogP contribution in [0.25, 0.3) is 0 Å². The van der Waals surface area contributed by atoms with Gasteiger partial charge in [0, 0.05) is 5.19 Å². The van der Waals surface area contributed by atoms with Crippen LogP contribution in [-0.4, -0.2) is 27.1 Å². The zero-order chi connectivity index (χ0) is 29.0. The van der Waals surface area contributed by atoms with E-state index in [2.05, 4.69) is 114 Å². The Morgan fingerprint density at radius 2 is 0.737 bits per heavy atom. The Labute approximate surface area is 239 Å². The van der Waals surface area contributed by atoms with Crippen molar-refractivity contribution >= 4 is 14.0 Å². The second-order valence-corrected chi connectivity index (χ2v) is 16.7. The minimum absolute atomic E-state index is 0.110. The van der Waals surface area contributed by atoms with Gasteiger partial charge < -0.3 is 13.3 Å². The molecule has 0 radical (unpaired) electrons. The second kappa shape index (κ2) is 17.2. The molecule has 0 aromatic heterocycles. The first-order valence-electron chi connectivity index (χ1n) is 15.7. The van der Waals surface area contributed by atoms with Gasteiger partial charge in [0.1, 0.15) is 0 Å². The summed E-state index contributed by atoms with van der Waals surface area (Å²) in [6.45, 7) is 29.8. The minimum atomic E-state index is -3.31. The van der Waals surface area contributed by atoms with Crippen molar-refractivity contribution in [3.8, 4) is 0 Å². The van der Waals surface area contributed by atoms with Crippen LogP contribution in [0.5, 0.6) is 0 Å². The van der Waals surface area contributed by atoms with Crippen molar-refractivity contribution in [1.82, 2.24) is 0 Å². The smallest absolute Gasteiger partial charge is 0.367 e.